The molecule has 2 N–H and O–H groups in total. The molecule has 0 saturated heterocycles. The zero-order valence-corrected chi connectivity index (χ0v) is 15.0. The average molecular weight is 356 g/mol. The summed E-state index contributed by atoms with van der Waals surface area (Å²) < 4.78 is 5.73. The molecule has 1 aromatic heterocycles. The minimum Gasteiger partial charge on any atom is -0.493 e. The van der Waals surface area contributed by atoms with E-state index in [1.165, 1.54) is 11.3 Å². The lowest BCUT2D eigenvalue weighted by Crippen LogP contribution is -2.29. The Morgan fingerprint density at radius 3 is 2.78 bits per heavy atom. The van der Waals surface area contributed by atoms with Crippen LogP contribution in [0.4, 0.5) is 0 Å². The van der Waals surface area contributed by atoms with Gasteiger partial charge in [0.05, 0.1) is 6.61 Å². The topological polar surface area (TPSA) is 68.5 Å². The predicted octanol–water partition coefficient (Wildman–Crippen LogP) is 2.87. The molecule has 0 aliphatic carbocycles. The molecule has 7 heteroatoms. The average Bonchev–Trinajstić information content (AvgIpc) is 3.01. The van der Waals surface area contributed by atoms with E-state index in [4.69, 9.17) is 10.5 Å². The van der Waals surface area contributed by atoms with Gasteiger partial charge in [-0.2, -0.15) is 0 Å². The van der Waals surface area contributed by atoms with Gasteiger partial charge in [-0.15, -0.1) is 23.7 Å². The Balaban J connectivity index is 0.00000264. The number of aryl methyl sites for hydroxylation is 1. The molecule has 0 unspecified atom stereocenters. The van der Waals surface area contributed by atoms with Crippen molar-refractivity contribution in [2.75, 3.05) is 20.2 Å². The van der Waals surface area contributed by atoms with Crippen LogP contribution in [0.3, 0.4) is 0 Å². The van der Waals surface area contributed by atoms with Crippen molar-refractivity contribution in [2.24, 2.45) is 5.73 Å². The van der Waals surface area contributed by atoms with Gasteiger partial charge < -0.3 is 15.4 Å². The van der Waals surface area contributed by atoms with Crippen LogP contribution in [0.1, 0.15) is 27.5 Å². The third-order valence-electron chi connectivity index (χ3n) is 3.28. The largest absolute Gasteiger partial charge is 0.493 e. The van der Waals surface area contributed by atoms with E-state index in [9.17, 15) is 4.79 Å². The summed E-state index contributed by atoms with van der Waals surface area (Å²) in [5.74, 6) is 0.815. The second-order valence-electron chi connectivity index (χ2n) is 5.02. The number of carbonyl (C=O) groups excluding carboxylic acids is 1. The van der Waals surface area contributed by atoms with Crippen molar-refractivity contribution in [3.8, 4) is 5.75 Å². The van der Waals surface area contributed by atoms with Crippen molar-refractivity contribution < 1.29 is 9.53 Å². The zero-order chi connectivity index (χ0) is 15.9. The van der Waals surface area contributed by atoms with Crippen LogP contribution >= 0.6 is 23.7 Å². The molecule has 5 nitrogen and oxygen atoms in total. The predicted molar refractivity (Wildman–Crippen MR) is 95.5 cm³/mol. The van der Waals surface area contributed by atoms with Crippen LogP contribution in [-0.2, 0) is 6.54 Å². The monoisotopic (exact) mass is 355 g/mol. The molecular formula is C16H22ClN3O2S. The van der Waals surface area contributed by atoms with Gasteiger partial charge in [-0.05, 0) is 25.0 Å². The van der Waals surface area contributed by atoms with E-state index in [-0.39, 0.29) is 18.3 Å². The standard InChI is InChI=1S/C16H21N3O2S.ClH/c1-12-6-3-4-7-14(12)21-9-5-8-19(2)16(20)13-11-22-15(10-17)18-13;/h3-4,6-7,11H,5,8-10,17H2,1-2H3;1H. The van der Waals surface area contributed by atoms with Crippen LogP contribution in [0, 0.1) is 6.92 Å². The summed E-state index contributed by atoms with van der Waals surface area (Å²) in [6.07, 6.45) is 0.768. The van der Waals surface area contributed by atoms with Crippen LogP contribution in [0.15, 0.2) is 29.6 Å². The summed E-state index contributed by atoms with van der Waals surface area (Å²) in [5, 5.41) is 2.53. The first-order valence-corrected chi connectivity index (χ1v) is 8.08. The number of benzene rings is 1. The maximum absolute atomic E-state index is 12.2. The summed E-state index contributed by atoms with van der Waals surface area (Å²) in [6, 6.07) is 7.91. The van der Waals surface area contributed by atoms with E-state index in [1.54, 1.807) is 17.3 Å². The number of hydrogen-bond acceptors (Lipinski definition) is 5. The number of nitrogens with two attached hydrogens (primary N) is 1. The molecule has 23 heavy (non-hydrogen) atoms. The van der Waals surface area contributed by atoms with Crippen molar-refractivity contribution in [3.05, 3.63) is 45.9 Å². The van der Waals surface area contributed by atoms with E-state index in [0.717, 1.165) is 22.7 Å². The summed E-state index contributed by atoms with van der Waals surface area (Å²) in [6.45, 7) is 3.59. The summed E-state index contributed by atoms with van der Waals surface area (Å²) in [7, 11) is 1.78. The Bertz CT molecular complexity index is 633. The number of rotatable bonds is 7. The normalized spacial score (nSPS) is 10.0. The molecular weight excluding hydrogens is 334 g/mol. The van der Waals surface area contributed by atoms with E-state index in [2.05, 4.69) is 4.98 Å². The van der Waals surface area contributed by atoms with Crippen molar-refractivity contribution in [3.63, 3.8) is 0 Å². The Hall–Kier alpha value is -1.63. The van der Waals surface area contributed by atoms with Crippen molar-refractivity contribution >= 4 is 29.7 Å². The Morgan fingerprint density at radius 1 is 1.39 bits per heavy atom. The highest BCUT2D eigenvalue weighted by Crippen LogP contribution is 2.16. The summed E-state index contributed by atoms with van der Waals surface area (Å²) in [5.41, 5.74) is 7.09. The van der Waals surface area contributed by atoms with Crippen molar-refractivity contribution in [2.45, 2.75) is 19.9 Å². The van der Waals surface area contributed by atoms with Crippen molar-refractivity contribution in [1.29, 1.82) is 0 Å². The molecule has 0 saturated carbocycles. The molecule has 2 rings (SSSR count). The van der Waals surface area contributed by atoms with E-state index >= 15 is 0 Å². The van der Waals surface area contributed by atoms with E-state index < -0.39 is 0 Å². The molecule has 1 aromatic carbocycles. The van der Waals surface area contributed by atoms with Crippen LogP contribution in [-0.4, -0.2) is 36.0 Å². The highest BCUT2D eigenvalue weighted by molar-refractivity contribution is 7.09. The maximum Gasteiger partial charge on any atom is 0.273 e. The Labute approximate surface area is 146 Å². The molecule has 0 spiro atoms. The first-order chi connectivity index (χ1) is 10.6. The quantitative estimate of drug-likeness (QED) is 0.775. The Kier molecular flexibility index (Phi) is 8.02. The van der Waals surface area contributed by atoms with Crippen LogP contribution in [0.5, 0.6) is 5.75 Å². The van der Waals surface area contributed by atoms with Gasteiger partial charge >= 0.3 is 0 Å². The number of ether oxygens (including phenoxy) is 1. The van der Waals surface area contributed by atoms with E-state index in [1.807, 2.05) is 31.2 Å². The maximum atomic E-state index is 12.2. The molecule has 2 aromatic rings. The van der Waals surface area contributed by atoms with Gasteiger partial charge in [0.25, 0.3) is 5.91 Å². The minimum atomic E-state index is -0.0770. The first-order valence-electron chi connectivity index (χ1n) is 7.20. The number of para-hydroxylation sites is 1. The number of hydrogen-bond donors (Lipinski definition) is 1. The van der Waals surface area contributed by atoms with E-state index in [0.29, 0.717) is 25.4 Å². The first kappa shape index (κ1) is 19.4. The summed E-state index contributed by atoms with van der Waals surface area (Å²) >= 11 is 1.41. The second kappa shape index (κ2) is 9.50. The van der Waals surface area contributed by atoms with Gasteiger partial charge in [-0.1, -0.05) is 18.2 Å². The Morgan fingerprint density at radius 2 is 2.13 bits per heavy atom. The number of halogens is 1. The highest BCUT2D eigenvalue weighted by Gasteiger charge is 2.14. The molecule has 0 fully saturated rings. The van der Waals surface area contributed by atoms with Crippen LogP contribution < -0.4 is 10.5 Å². The number of thiazole rings is 1. The SMILES string of the molecule is Cc1ccccc1OCCCN(C)C(=O)c1csc(CN)n1.Cl. The molecule has 0 aliphatic heterocycles. The van der Waals surface area contributed by atoms with Gasteiger partial charge in [-0.3, -0.25) is 4.79 Å². The summed E-state index contributed by atoms with van der Waals surface area (Å²) in [4.78, 5) is 18.1. The lowest BCUT2D eigenvalue weighted by molar-refractivity contribution is 0.0782. The molecule has 0 bridgehead atoms. The molecule has 1 heterocycles. The molecule has 0 aliphatic rings. The van der Waals surface area contributed by atoms with Gasteiger partial charge in [0.1, 0.15) is 16.5 Å². The number of amides is 1. The number of nitrogens with zero attached hydrogens (tertiary/aromatic N) is 2. The third-order valence-corrected chi connectivity index (χ3v) is 4.15. The van der Waals surface area contributed by atoms with Gasteiger partial charge in [0.15, 0.2) is 0 Å². The lowest BCUT2D eigenvalue weighted by atomic mass is 10.2. The fraction of sp³-hybridized carbons (Fsp3) is 0.375. The molecule has 0 radical (unpaired) electrons. The van der Waals surface area contributed by atoms with Crippen molar-refractivity contribution in [1.82, 2.24) is 9.88 Å². The van der Waals surface area contributed by atoms with Crippen LogP contribution in [0.2, 0.25) is 0 Å². The second-order valence-corrected chi connectivity index (χ2v) is 5.97. The molecule has 126 valence electrons. The highest BCUT2D eigenvalue weighted by atomic mass is 35.5. The molecule has 0 atom stereocenters. The zero-order valence-electron chi connectivity index (χ0n) is 13.3. The number of aromatic nitrogens is 1. The fourth-order valence-corrected chi connectivity index (χ4v) is 2.65. The smallest absolute Gasteiger partial charge is 0.273 e. The van der Waals surface area contributed by atoms with Gasteiger partial charge in [0, 0.05) is 25.5 Å². The third kappa shape index (κ3) is 5.49. The van der Waals surface area contributed by atoms with Gasteiger partial charge in [-0.25, -0.2) is 4.98 Å². The minimum absolute atomic E-state index is 0. The molecule has 1 amide bonds. The fourth-order valence-electron chi connectivity index (χ4n) is 2.00. The number of carbonyl (C=O) groups is 1. The van der Waals surface area contributed by atoms with Gasteiger partial charge in [0.2, 0.25) is 0 Å². The lowest BCUT2D eigenvalue weighted by Gasteiger charge is -2.16. The van der Waals surface area contributed by atoms with Crippen LogP contribution in [0.25, 0.3) is 0 Å².